The van der Waals surface area contributed by atoms with Crippen molar-refractivity contribution in [3.63, 3.8) is 0 Å². The highest BCUT2D eigenvalue weighted by Gasteiger charge is 2.42. The minimum Gasteiger partial charge on any atom is -0.383 e. The molecule has 0 unspecified atom stereocenters. The van der Waals surface area contributed by atoms with Crippen molar-refractivity contribution in [2.24, 2.45) is 0 Å². The summed E-state index contributed by atoms with van der Waals surface area (Å²) in [5.41, 5.74) is 2.20. The summed E-state index contributed by atoms with van der Waals surface area (Å²) in [4.78, 5) is 40.5. The Hall–Kier alpha value is -3.56. The van der Waals surface area contributed by atoms with Gasteiger partial charge >= 0.3 is 0 Å². The predicted octanol–water partition coefficient (Wildman–Crippen LogP) is 2.78. The van der Waals surface area contributed by atoms with E-state index in [2.05, 4.69) is 0 Å². The Bertz CT molecular complexity index is 1020. The lowest BCUT2D eigenvalue weighted by Crippen LogP contribution is -2.37. The predicted molar refractivity (Wildman–Crippen MR) is 119 cm³/mol. The molecule has 0 radical (unpaired) electrons. The minimum atomic E-state index is -0.511. The van der Waals surface area contributed by atoms with Crippen LogP contribution in [-0.4, -0.2) is 62.2 Å². The lowest BCUT2D eigenvalue weighted by atomic mass is 10.0. The van der Waals surface area contributed by atoms with Gasteiger partial charge in [0.2, 0.25) is 0 Å². The van der Waals surface area contributed by atoms with E-state index >= 15 is 0 Å². The SMILES string of the molecule is COCCN(CCOC)C1=C(c2ccc([N+](=O)[O-])cc2)C(=O)N(c2ccc(C)cc2)C1=O. The van der Waals surface area contributed by atoms with Crippen molar-refractivity contribution in [3.05, 3.63) is 75.5 Å². The average molecular weight is 439 g/mol. The van der Waals surface area contributed by atoms with Gasteiger partial charge in [0.1, 0.15) is 5.70 Å². The maximum Gasteiger partial charge on any atom is 0.282 e. The molecule has 1 heterocycles. The number of rotatable bonds is 10. The van der Waals surface area contributed by atoms with Gasteiger partial charge in [-0.05, 0) is 36.8 Å². The molecule has 3 rings (SSSR count). The lowest BCUT2D eigenvalue weighted by Gasteiger charge is -2.25. The smallest absolute Gasteiger partial charge is 0.282 e. The Morgan fingerprint density at radius 3 is 1.97 bits per heavy atom. The normalized spacial score (nSPS) is 13.8. The van der Waals surface area contributed by atoms with E-state index < -0.39 is 16.7 Å². The van der Waals surface area contributed by atoms with E-state index in [1.807, 2.05) is 19.1 Å². The van der Waals surface area contributed by atoms with Crippen LogP contribution < -0.4 is 4.90 Å². The Labute approximate surface area is 186 Å². The van der Waals surface area contributed by atoms with Crippen LogP contribution >= 0.6 is 0 Å². The summed E-state index contributed by atoms with van der Waals surface area (Å²) in [6.07, 6.45) is 0. The first-order chi connectivity index (χ1) is 15.4. The summed E-state index contributed by atoms with van der Waals surface area (Å²) in [6.45, 7) is 3.33. The average Bonchev–Trinajstić information content (AvgIpc) is 3.04. The van der Waals surface area contributed by atoms with E-state index in [1.165, 1.54) is 24.3 Å². The molecule has 0 aliphatic carbocycles. The molecule has 2 aromatic carbocycles. The zero-order valence-electron chi connectivity index (χ0n) is 18.2. The molecule has 168 valence electrons. The van der Waals surface area contributed by atoms with Gasteiger partial charge in [-0.15, -0.1) is 0 Å². The molecule has 1 aliphatic rings. The molecule has 9 nitrogen and oxygen atoms in total. The van der Waals surface area contributed by atoms with E-state index in [0.717, 1.165) is 10.5 Å². The monoisotopic (exact) mass is 439 g/mol. The molecule has 9 heteroatoms. The maximum absolute atomic E-state index is 13.5. The van der Waals surface area contributed by atoms with Gasteiger partial charge in [-0.25, -0.2) is 4.90 Å². The number of imide groups is 1. The first-order valence-electron chi connectivity index (χ1n) is 10.1. The molecule has 2 aromatic rings. The molecule has 1 aliphatic heterocycles. The van der Waals surface area contributed by atoms with Crippen LogP contribution in [0.3, 0.4) is 0 Å². The standard InChI is InChI=1S/C23H25N3O6/c1-16-4-8-18(9-5-16)25-22(27)20(17-6-10-19(11-7-17)26(29)30)21(23(25)28)24(12-14-31-2)13-15-32-3/h4-11H,12-15H2,1-3H3. The maximum atomic E-state index is 13.5. The second kappa shape index (κ2) is 10.2. The Morgan fingerprint density at radius 1 is 0.906 bits per heavy atom. The molecule has 0 spiro atoms. The third-order valence-electron chi connectivity index (χ3n) is 5.17. The summed E-state index contributed by atoms with van der Waals surface area (Å²) >= 11 is 0. The minimum absolute atomic E-state index is 0.0984. The number of ether oxygens (including phenoxy) is 2. The molecule has 32 heavy (non-hydrogen) atoms. The summed E-state index contributed by atoms with van der Waals surface area (Å²) in [7, 11) is 3.11. The highest BCUT2D eigenvalue weighted by molar-refractivity contribution is 6.45. The van der Waals surface area contributed by atoms with Crippen molar-refractivity contribution < 1.29 is 24.0 Å². The quantitative estimate of drug-likeness (QED) is 0.319. The summed E-state index contributed by atoms with van der Waals surface area (Å²) in [5, 5.41) is 11.1. The van der Waals surface area contributed by atoms with Gasteiger partial charge in [0.15, 0.2) is 0 Å². The third kappa shape index (κ3) is 4.68. The van der Waals surface area contributed by atoms with Crippen molar-refractivity contribution >= 4 is 28.8 Å². The Kier molecular flexibility index (Phi) is 7.34. The van der Waals surface area contributed by atoms with Gasteiger partial charge in [0.05, 0.1) is 29.4 Å². The van der Waals surface area contributed by atoms with Crippen molar-refractivity contribution in [3.8, 4) is 0 Å². The van der Waals surface area contributed by atoms with Crippen molar-refractivity contribution in [2.45, 2.75) is 6.92 Å². The number of hydrogen-bond acceptors (Lipinski definition) is 7. The van der Waals surface area contributed by atoms with Crippen LogP contribution in [0.5, 0.6) is 0 Å². The third-order valence-corrected chi connectivity index (χ3v) is 5.17. The largest absolute Gasteiger partial charge is 0.383 e. The second-order valence-corrected chi connectivity index (χ2v) is 7.28. The zero-order chi connectivity index (χ0) is 23.3. The fourth-order valence-electron chi connectivity index (χ4n) is 3.49. The van der Waals surface area contributed by atoms with E-state index in [-0.39, 0.29) is 17.0 Å². The van der Waals surface area contributed by atoms with Crippen LogP contribution in [0.25, 0.3) is 5.57 Å². The molecule has 0 bridgehead atoms. The van der Waals surface area contributed by atoms with E-state index in [4.69, 9.17) is 9.47 Å². The molecule has 2 amide bonds. The molecular formula is C23H25N3O6. The molecule has 0 atom stereocenters. The van der Waals surface area contributed by atoms with Gasteiger partial charge < -0.3 is 14.4 Å². The highest BCUT2D eigenvalue weighted by atomic mass is 16.6. The van der Waals surface area contributed by atoms with Crippen LogP contribution in [0.2, 0.25) is 0 Å². The number of anilines is 1. The number of nitro groups is 1. The number of methoxy groups -OCH3 is 2. The van der Waals surface area contributed by atoms with Gasteiger partial charge in [-0.1, -0.05) is 17.7 Å². The summed E-state index contributed by atoms with van der Waals surface area (Å²) < 4.78 is 10.4. The van der Waals surface area contributed by atoms with E-state index in [0.29, 0.717) is 37.6 Å². The number of nitrogens with zero attached hydrogens (tertiary/aromatic N) is 3. The van der Waals surface area contributed by atoms with E-state index in [9.17, 15) is 19.7 Å². The number of amides is 2. The lowest BCUT2D eigenvalue weighted by molar-refractivity contribution is -0.384. The van der Waals surface area contributed by atoms with Crippen LogP contribution in [0.1, 0.15) is 11.1 Å². The van der Waals surface area contributed by atoms with E-state index in [1.54, 1.807) is 31.3 Å². The molecular weight excluding hydrogens is 414 g/mol. The Balaban J connectivity index is 2.12. The molecule has 0 fully saturated rings. The van der Waals surface area contributed by atoms with Gasteiger partial charge in [-0.2, -0.15) is 0 Å². The number of non-ortho nitro benzene ring substituents is 1. The summed E-state index contributed by atoms with van der Waals surface area (Å²) in [6, 6.07) is 12.7. The van der Waals surface area contributed by atoms with Crippen LogP contribution in [0, 0.1) is 17.0 Å². The van der Waals surface area contributed by atoms with Crippen LogP contribution in [-0.2, 0) is 19.1 Å². The van der Waals surface area contributed by atoms with Crippen molar-refractivity contribution in [1.82, 2.24) is 4.90 Å². The molecule has 0 N–H and O–H groups in total. The molecule has 0 aromatic heterocycles. The fraction of sp³-hybridized carbons (Fsp3) is 0.304. The number of carbonyl (C=O) groups excluding carboxylic acids is 2. The zero-order valence-corrected chi connectivity index (χ0v) is 18.2. The number of nitro benzene ring substituents is 1. The summed E-state index contributed by atoms with van der Waals surface area (Å²) in [5.74, 6) is -0.943. The van der Waals surface area contributed by atoms with Crippen molar-refractivity contribution in [1.29, 1.82) is 0 Å². The highest BCUT2D eigenvalue weighted by Crippen LogP contribution is 2.35. The topological polar surface area (TPSA) is 102 Å². The molecule has 0 saturated carbocycles. The number of aryl methyl sites for hydroxylation is 1. The number of carbonyl (C=O) groups is 2. The second-order valence-electron chi connectivity index (χ2n) is 7.28. The van der Waals surface area contributed by atoms with Gasteiger partial charge in [-0.3, -0.25) is 19.7 Å². The first-order valence-corrected chi connectivity index (χ1v) is 10.1. The van der Waals surface area contributed by atoms with Gasteiger partial charge in [0.25, 0.3) is 17.5 Å². The number of hydrogen-bond donors (Lipinski definition) is 0. The fourth-order valence-corrected chi connectivity index (χ4v) is 3.49. The number of benzene rings is 2. The Morgan fingerprint density at radius 2 is 1.47 bits per heavy atom. The first kappa shape index (κ1) is 23.1. The molecule has 0 saturated heterocycles. The van der Waals surface area contributed by atoms with Gasteiger partial charge in [0, 0.05) is 39.4 Å². The van der Waals surface area contributed by atoms with Crippen LogP contribution in [0.4, 0.5) is 11.4 Å². The van der Waals surface area contributed by atoms with Crippen molar-refractivity contribution in [2.75, 3.05) is 45.4 Å². The van der Waals surface area contributed by atoms with Crippen LogP contribution in [0.15, 0.2) is 54.2 Å².